The smallest absolute Gasteiger partial charge is 0.251 e. The van der Waals surface area contributed by atoms with Crippen LogP contribution in [0.15, 0.2) is 42.6 Å². The molecule has 6 heteroatoms. The van der Waals surface area contributed by atoms with Crippen molar-refractivity contribution in [3.8, 4) is 11.5 Å². The number of piperidine rings is 1. The maximum absolute atomic E-state index is 12.6. The third-order valence-electron chi connectivity index (χ3n) is 5.19. The van der Waals surface area contributed by atoms with Gasteiger partial charge in [-0.25, -0.2) is 4.98 Å². The van der Waals surface area contributed by atoms with Gasteiger partial charge in [-0.2, -0.15) is 0 Å². The first-order chi connectivity index (χ1) is 12.7. The van der Waals surface area contributed by atoms with Crippen molar-refractivity contribution >= 4 is 17.5 Å². The van der Waals surface area contributed by atoms with E-state index < -0.39 is 0 Å². The Morgan fingerprint density at radius 2 is 1.85 bits per heavy atom. The van der Waals surface area contributed by atoms with E-state index in [-0.39, 0.29) is 11.9 Å². The zero-order valence-corrected chi connectivity index (χ0v) is 15.3. The van der Waals surface area contributed by atoms with Crippen molar-refractivity contribution in [3.05, 3.63) is 53.3 Å². The van der Waals surface area contributed by atoms with E-state index in [4.69, 9.17) is 16.3 Å². The Balaban J connectivity index is 1.37. The number of fused-ring (bicyclic) bond motifs is 4. The summed E-state index contributed by atoms with van der Waals surface area (Å²) in [6, 6.07) is 10.8. The predicted octanol–water partition coefficient (Wildman–Crippen LogP) is 3.74. The minimum absolute atomic E-state index is 0.0165. The molecule has 1 aromatic heterocycles. The van der Waals surface area contributed by atoms with Crippen LogP contribution < -0.4 is 10.1 Å². The first-order valence-electron chi connectivity index (χ1n) is 9.08. The average molecular weight is 372 g/mol. The molecule has 5 nitrogen and oxygen atoms in total. The number of ether oxygens (including phenoxy) is 1. The van der Waals surface area contributed by atoms with Gasteiger partial charge in [0.25, 0.3) is 5.91 Å². The van der Waals surface area contributed by atoms with Gasteiger partial charge in [-0.05, 0) is 74.7 Å². The topological polar surface area (TPSA) is 54.5 Å². The quantitative estimate of drug-likeness (QED) is 0.832. The summed E-state index contributed by atoms with van der Waals surface area (Å²) in [4.78, 5) is 19.0. The van der Waals surface area contributed by atoms with Gasteiger partial charge < -0.3 is 15.0 Å². The molecule has 26 heavy (non-hydrogen) atoms. The second-order valence-corrected chi connectivity index (χ2v) is 7.48. The van der Waals surface area contributed by atoms with E-state index in [2.05, 4.69) is 15.2 Å². The molecule has 2 aromatic rings. The van der Waals surface area contributed by atoms with Gasteiger partial charge in [0.15, 0.2) is 0 Å². The highest BCUT2D eigenvalue weighted by Crippen LogP contribution is 2.27. The van der Waals surface area contributed by atoms with E-state index >= 15 is 0 Å². The number of hydrogen-bond donors (Lipinski definition) is 1. The maximum atomic E-state index is 12.6. The second kappa shape index (κ2) is 7.64. The summed E-state index contributed by atoms with van der Waals surface area (Å²) in [6.45, 7) is 3.30. The summed E-state index contributed by atoms with van der Waals surface area (Å²) in [5, 5.41) is 3.63. The van der Waals surface area contributed by atoms with Crippen molar-refractivity contribution in [1.82, 2.24) is 15.2 Å². The molecule has 1 aromatic carbocycles. The van der Waals surface area contributed by atoms with Crippen molar-refractivity contribution < 1.29 is 9.53 Å². The number of aromatic nitrogens is 1. The van der Waals surface area contributed by atoms with Crippen LogP contribution >= 0.6 is 11.6 Å². The van der Waals surface area contributed by atoms with E-state index in [1.807, 2.05) is 0 Å². The van der Waals surface area contributed by atoms with Gasteiger partial charge in [0.05, 0.1) is 6.20 Å². The second-order valence-electron chi connectivity index (χ2n) is 7.09. The van der Waals surface area contributed by atoms with Crippen molar-refractivity contribution in [3.63, 3.8) is 0 Å². The van der Waals surface area contributed by atoms with Crippen LogP contribution in [0.5, 0.6) is 11.5 Å². The van der Waals surface area contributed by atoms with Crippen molar-refractivity contribution in [2.75, 3.05) is 19.6 Å². The molecule has 3 aliphatic heterocycles. The van der Waals surface area contributed by atoms with Crippen LogP contribution in [0.3, 0.4) is 0 Å². The molecule has 2 bridgehead atoms. The lowest BCUT2D eigenvalue weighted by Crippen LogP contribution is -2.41. The van der Waals surface area contributed by atoms with E-state index in [0.29, 0.717) is 22.2 Å². The van der Waals surface area contributed by atoms with Crippen molar-refractivity contribution in [2.45, 2.75) is 25.3 Å². The third-order valence-corrected chi connectivity index (χ3v) is 5.41. The predicted molar refractivity (Wildman–Crippen MR) is 101 cm³/mol. The van der Waals surface area contributed by atoms with E-state index in [0.717, 1.165) is 18.9 Å². The number of amides is 1. The number of pyridine rings is 1. The molecular weight excluding hydrogens is 350 g/mol. The molecule has 1 amide bonds. The Bertz CT molecular complexity index is 742. The minimum atomic E-state index is -0.0165. The number of carbonyl (C=O) groups is 1. The number of nitrogens with one attached hydrogen (secondary N) is 1. The Morgan fingerprint density at radius 3 is 2.54 bits per heavy atom. The SMILES string of the molecule is O=C(NC1CC2CCN(CC2)C1)c1ccc(Oc2ccc(Cl)nc2)cc1. The largest absolute Gasteiger partial charge is 0.456 e. The molecule has 3 aliphatic rings. The Kier molecular flexibility index (Phi) is 5.09. The van der Waals surface area contributed by atoms with Crippen LogP contribution in [0.2, 0.25) is 5.15 Å². The number of hydrogen-bond acceptors (Lipinski definition) is 4. The van der Waals surface area contributed by atoms with Gasteiger partial charge in [0, 0.05) is 18.2 Å². The van der Waals surface area contributed by atoms with Gasteiger partial charge in [0.1, 0.15) is 16.7 Å². The highest BCUT2D eigenvalue weighted by molar-refractivity contribution is 6.29. The number of benzene rings is 1. The molecule has 5 rings (SSSR count). The Morgan fingerprint density at radius 1 is 1.12 bits per heavy atom. The molecular formula is C20H22ClN3O2. The fourth-order valence-electron chi connectivity index (χ4n) is 3.80. The fourth-order valence-corrected chi connectivity index (χ4v) is 3.91. The number of carbonyl (C=O) groups excluding carboxylic acids is 1. The Hall–Kier alpha value is -2.11. The summed E-state index contributed by atoms with van der Waals surface area (Å²) in [5.41, 5.74) is 0.651. The summed E-state index contributed by atoms with van der Waals surface area (Å²) >= 11 is 5.77. The first kappa shape index (κ1) is 17.3. The average Bonchev–Trinajstić information content (AvgIpc) is 2.96. The molecule has 0 spiro atoms. The highest BCUT2D eigenvalue weighted by Gasteiger charge is 2.29. The van der Waals surface area contributed by atoms with Gasteiger partial charge in [-0.1, -0.05) is 11.6 Å². The highest BCUT2D eigenvalue weighted by atomic mass is 35.5. The van der Waals surface area contributed by atoms with Gasteiger partial charge in [-0.15, -0.1) is 0 Å². The van der Waals surface area contributed by atoms with Crippen LogP contribution in [0.25, 0.3) is 0 Å². The summed E-state index contributed by atoms with van der Waals surface area (Å²) in [5.74, 6) is 2.00. The molecule has 0 radical (unpaired) electrons. The maximum Gasteiger partial charge on any atom is 0.251 e. The zero-order chi connectivity index (χ0) is 17.9. The lowest BCUT2D eigenvalue weighted by molar-refractivity contribution is 0.0929. The first-order valence-corrected chi connectivity index (χ1v) is 9.46. The van der Waals surface area contributed by atoms with Crippen LogP contribution in [0, 0.1) is 5.92 Å². The molecule has 3 saturated heterocycles. The summed E-state index contributed by atoms with van der Waals surface area (Å²) in [6.07, 6.45) is 5.18. The van der Waals surface area contributed by atoms with Crippen LogP contribution in [0.4, 0.5) is 0 Å². The van der Waals surface area contributed by atoms with E-state index in [9.17, 15) is 4.79 Å². The molecule has 1 atom stereocenters. The Labute approximate surface area is 158 Å². The summed E-state index contributed by atoms with van der Waals surface area (Å²) < 4.78 is 5.71. The molecule has 1 unspecified atom stereocenters. The van der Waals surface area contributed by atoms with Gasteiger partial charge >= 0.3 is 0 Å². The standard InChI is InChI=1S/C20H22ClN3O2/c21-19-6-5-18(12-22-19)26-17-3-1-15(2-4-17)20(25)23-16-11-14-7-9-24(13-16)10-8-14/h1-6,12,14,16H,7-11,13H2,(H,23,25). The minimum Gasteiger partial charge on any atom is -0.456 e. The normalized spacial score (nSPS) is 24.7. The van der Waals surface area contributed by atoms with E-state index in [1.54, 1.807) is 42.6 Å². The van der Waals surface area contributed by atoms with Gasteiger partial charge in [-0.3, -0.25) is 4.79 Å². The van der Waals surface area contributed by atoms with Crippen molar-refractivity contribution in [2.24, 2.45) is 5.92 Å². The number of halogens is 1. The van der Waals surface area contributed by atoms with Crippen LogP contribution in [-0.4, -0.2) is 41.5 Å². The summed E-state index contributed by atoms with van der Waals surface area (Å²) in [7, 11) is 0. The molecule has 0 saturated carbocycles. The van der Waals surface area contributed by atoms with Gasteiger partial charge in [0.2, 0.25) is 0 Å². The van der Waals surface area contributed by atoms with Crippen molar-refractivity contribution in [1.29, 1.82) is 0 Å². The van der Waals surface area contributed by atoms with Crippen LogP contribution in [-0.2, 0) is 0 Å². The molecule has 0 aliphatic carbocycles. The molecule has 1 N–H and O–H groups in total. The monoisotopic (exact) mass is 371 g/mol. The van der Waals surface area contributed by atoms with Crippen LogP contribution in [0.1, 0.15) is 29.6 Å². The van der Waals surface area contributed by atoms with E-state index in [1.165, 1.54) is 25.9 Å². The molecule has 136 valence electrons. The number of nitrogens with zero attached hydrogens (tertiary/aromatic N) is 2. The lowest BCUT2D eigenvalue weighted by Gasteiger charge is -2.26. The molecule has 4 heterocycles. The third kappa shape index (κ3) is 4.17. The molecule has 3 fully saturated rings. The number of rotatable bonds is 4. The zero-order valence-electron chi connectivity index (χ0n) is 14.5. The lowest BCUT2D eigenvalue weighted by atomic mass is 9.94. The fraction of sp³-hybridized carbons (Fsp3) is 0.400.